The summed E-state index contributed by atoms with van der Waals surface area (Å²) in [6.07, 6.45) is 0.805. The zero-order valence-electron chi connectivity index (χ0n) is 16.5. The Morgan fingerprint density at radius 1 is 1.10 bits per heavy atom. The van der Waals surface area contributed by atoms with E-state index in [4.69, 9.17) is 9.72 Å². The zero-order valence-corrected chi connectivity index (χ0v) is 20.3. The summed E-state index contributed by atoms with van der Waals surface area (Å²) < 4.78 is 33.7. The molecule has 4 rings (SSSR count). The minimum absolute atomic E-state index is 0.297. The van der Waals surface area contributed by atoms with Crippen LogP contribution >= 0.6 is 33.9 Å². The fourth-order valence-electron chi connectivity index (χ4n) is 3.40. The van der Waals surface area contributed by atoms with E-state index in [1.807, 2.05) is 0 Å². The molecule has 1 fully saturated rings. The molecule has 30 heavy (non-hydrogen) atoms. The number of anilines is 1. The smallest absolute Gasteiger partial charge is 0.243 e. The minimum Gasteiger partial charge on any atom is -0.497 e. The number of piperazine rings is 1. The van der Waals surface area contributed by atoms with Gasteiger partial charge in [-0.05, 0) is 64.6 Å². The summed E-state index contributed by atoms with van der Waals surface area (Å²) in [6.45, 7) is 2.15. The van der Waals surface area contributed by atoms with Gasteiger partial charge in [-0.1, -0.05) is 12.1 Å². The maximum atomic E-state index is 12.9. The number of rotatable bonds is 6. The largest absolute Gasteiger partial charge is 0.497 e. The average molecular weight is 555 g/mol. The Kier molecular flexibility index (Phi) is 6.61. The molecule has 0 spiro atoms. The molecule has 1 aliphatic rings. The third-order valence-corrected chi connectivity index (χ3v) is 8.55. The van der Waals surface area contributed by atoms with E-state index in [1.54, 1.807) is 47.0 Å². The quantitative estimate of drug-likeness (QED) is 0.433. The van der Waals surface area contributed by atoms with Gasteiger partial charge in [0.2, 0.25) is 10.0 Å². The molecule has 2 aromatic carbocycles. The van der Waals surface area contributed by atoms with Gasteiger partial charge in [0.05, 0.1) is 17.7 Å². The van der Waals surface area contributed by atoms with Crippen LogP contribution in [-0.2, 0) is 16.4 Å². The molecule has 0 saturated carbocycles. The Bertz CT molecular complexity index is 1110. The van der Waals surface area contributed by atoms with Gasteiger partial charge in [0.25, 0.3) is 0 Å². The third-order valence-electron chi connectivity index (χ3n) is 5.02. The highest BCUT2D eigenvalue weighted by molar-refractivity contribution is 14.1. The second-order valence-corrected chi connectivity index (χ2v) is 11.0. The monoisotopic (exact) mass is 555 g/mol. The van der Waals surface area contributed by atoms with Crippen LogP contribution in [0.3, 0.4) is 0 Å². The van der Waals surface area contributed by atoms with Gasteiger partial charge in [0, 0.05) is 41.6 Å². The summed E-state index contributed by atoms with van der Waals surface area (Å²) in [4.78, 5) is 7.25. The predicted octanol–water partition coefficient (Wildman–Crippen LogP) is 3.86. The SMILES string of the molecule is COc1ccc(S(=O)(=O)N2CCN(c3nc(Cc4cccc(I)c4)cs3)CC2)cc1. The number of halogens is 1. The number of aromatic nitrogens is 1. The molecule has 0 N–H and O–H groups in total. The predicted molar refractivity (Wildman–Crippen MR) is 128 cm³/mol. The lowest BCUT2D eigenvalue weighted by molar-refractivity contribution is 0.384. The third kappa shape index (κ3) is 4.79. The van der Waals surface area contributed by atoms with Crippen molar-refractivity contribution in [3.8, 4) is 5.75 Å². The van der Waals surface area contributed by atoms with Crippen LogP contribution in [-0.4, -0.2) is 51.0 Å². The van der Waals surface area contributed by atoms with Crippen LogP contribution < -0.4 is 9.64 Å². The second-order valence-electron chi connectivity index (χ2n) is 6.99. The number of thiazole rings is 1. The van der Waals surface area contributed by atoms with Crippen molar-refractivity contribution in [1.82, 2.24) is 9.29 Å². The van der Waals surface area contributed by atoms with Crippen LogP contribution in [0.15, 0.2) is 58.8 Å². The van der Waals surface area contributed by atoms with Gasteiger partial charge in [-0.3, -0.25) is 0 Å². The van der Waals surface area contributed by atoms with E-state index in [-0.39, 0.29) is 0 Å². The minimum atomic E-state index is -3.50. The molecular weight excluding hydrogens is 533 g/mol. The van der Waals surface area contributed by atoms with Gasteiger partial charge in [0.15, 0.2) is 5.13 Å². The van der Waals surface area contributed by atoms with Crippen LogP contribution in [0.25, 0.3) is 0 Å². The fraction of sp³-hybridized carbons (Fsp3) is 0.286. The van der Waals surface area contributed by atoms with E-state index in [0.29, 0.717) is 36.8 Å². The first-order valence-electron chi connectivity index (χ1n) is 9.54. The molecule has 6 nitrogen and oxygen atoms in total. The molecule has 0 unspecified atom stereocenters. The normalized spacial score (nSPS) is 15.3. The summed E-state index contributed by atoms with van der Waals surface area (Å²) in [5.41, 5.74) is 2.29. The molecule has 158 valence electrons. The summed E-state index contributed by atoms with van der Waals surface area (Å²) in [6, 6.07) is 15.0. The van der Waals surface area contributed by atoms with Gasteiger partial charge < -0.3 is 9.64 Å². The van der Waals surface area contributed by atoms with Crippen LogP contribution in [0.5, 0.6) is 5.75 Å². The molecule has 0 radical (unpaired) electrons. The van der Waals surface area contributed by atoms with Crippen molar-refractivity contribution in [2.75, 3.05) is 38.2 Å². The van der Waals surface area contributed by atoms with Gasteiger partial charge in [0.1, 0.15) is 5.75 Å². The Morgan fingerprint density at radius 3 is 2.50 bits per heavy atom. The van der Waals surface area contributed by atoms with Crippen molar-refractivity contribution in [1.29, 1.82) is 0 Å². The van der Waals surface area contributed by atoms with E-state index < -0.39 is 10.0 Å². The fourth-order valence-corrected chi connectivity index (χ4v) is 6.30. The molecule has 0 atom stereocenters. The van der Waals surface area contributed by atoms with E-state index in [2.05, 4.69) is 57.1 Å². The highest BCUT2D eigenvalue weighted by Gasteiger charge is 2.29. The molecule has 1 aliphatic heterocycles. The number of ether oxygens (including phenoxy) is 1. The van der Waals surface area contributed by atoms with Gasteiger partial charge >= 0.3 is 0 Å². The first kappa shape index (κ1) is 21.5. The highest BCUT2D eigenvalue weighted by Crippen LogP contribution is 2.26. The highest BCUT2D eigenvalue weighted by atomic mass is 127. The second kappa shape index (κ2) is 9.21. The van der Waals surface area contributed by atoms with E-state index in [1.165, 1.54) is 9.13 Å². The lowest BCUT2D eigenvalue weighted by Gasteiger charge is -2.33. The molecule has 3 aromatic rings. The van der Waals surface area contributed by atoms with Gasteiger partial charge in [-0.25, -0.2) is 13.4 Å². The Hall–Kier alpha value is -1.69. The lowest BCUT2D eigenvalue weighted by Crippen LogP contribution is -2.48. The molecule has 0 amide bonds. The van der Waals surface area contributed by atoms with Crippen molar-refractivity contribution < 1.29 is 13.2 Å². The summed E-state index contributed by atoms with van der Waals surface area (Å²) in [5.74, 6) is 0.642. The molecule has 9 heteroatoms. The maximum absolute atomic E-state index is 12.9. The van der Waals surface area contributed by atoms with Gasteiger partial charge in [-0.2, -0.15) is 4.31 Å². The van der Waals surface area contributed by atoms with Crippen molar-refractivity contribution in [2.45, 2.75) is 11.3 Å². The van der Waals surface area contributed by atoms with Crippen LogP contribution in [0.4, 0.5) is 5.13 Å². The summed E-state index contributed by atoms with van der Waals surface area (Å²) >= 11 is 3.94. The van der Waals surface area contributed by atoms with Crippen molar-refractivity contribution in [2.24, 2.45) is 0 Å². The number of sulfonamides is 1. The van der Waals surface area contributed by atoms with Crippen LogP contribution in [0, 0.1) is 3.57 Å². The first-order valence-corrected chi connectivity index (χ1v) is 12.9. The van der Waals surface area contributed by atoms with E-state index >= 15 is 0 Å². The molecule has 1 saturated heterocycles. The van der Waals surface area contributed by atoms with E-state index in [9.17, 15) is 8.42 Å². The number of hydrogen-bond donors (Lipinski definition) is 0. The summed E-state index contributed by atoms with van der Waals surface area (Å²) in [7, 11) is -1.94. The summed E-state index contributed by atoms with van der Waals surface area (Å²) in [5, 5.41) is 3.05. The first-order chi connectivity index (χ1) is 14.5. The van der Waals surface area contributed by atoms with Crippen molar-refractivity contribution in [3.63, 3.8) is 0 Å². The standard InChI is InChI=1S/C21H22IN3O3S2/c1-28-19-5-7-20(8-6-19)30(26,27)25-11-9-24(10-12-25)21-23-18(15-29-21)14-16-3-2-4-17(22)13-16/h2-8,13,15H,9-12,14H2,1H3. The maximum Gasteiger partial charge on any atom is 0.243 e. The van der Waals surface area contributed by atoms with E-state index in [0.717, 1.165) is 17.2 Å². The number of methoxy groups -OCH3 is 1. The molecule has 0 aliphatic carbocycles. The Morgan fingerprint density at radius 2 is 1.83 bits per heavy atom. The molecular formula is C21H22IN3O3S2. The Labute approximate surface area is 194 Å². The topological polar surface area (TPSA) is 62.7 Å². The Balaban J connectivity index is 1.39. The van der Waals surface area contributed by atoms with Crippen molar-refractivity contribution in [3.05, 3.63) is 68.7 Å². The molecule has 1 aromatic heterocycles. The average Bonchev–Trinajstić information content (AvgIpc) is 3.22. The lowest BCUT2D eigenvalue weighted by atomic mass is 10.1. The number of hydrogen-bond acceptors (Lipinski definition) is 6. The zero-order chi connectivity index (χ0) is 21.1. The van der Waals surface area contributed by atoms with Crippen LogP contribution in [0.1, 0.15) is 11.3 Å². The van der Waals surface area contributed by atoms with Gasteiger partial charge in [-0.15, -0.1) is 11.3 Å². The number of benzene rings is 2. The number of nitrogens with zero attached hydrogens (tertiary/aromatic N) is 3. The molecule has 2 heterocycles. The van der Waals surface area contributed by atoms with Crippen LogP contribution in [0.2, 0.25) is 0 Å². The van der Waals surface area contributed by atoms with Crippen molar-refractivity contribution >= 4 is 49.1 Å². The molecule has 0 bridgehead atoms.